The molecule has 1 spiro atoms. The number of amides is 2. The van der Waals surface area contributed by atoms with Crippen LogP contribution in [0.5, 0.6) is 0 Å². The fourth-order valence-electron chi connectivity index (χ4n) is 4.65. The Labute approximate surface area is 171 Å². The zero-order valence-electron chi connectivity index (χ0n) is 16.6. The molecule has 2 aromatic carbocycles. The number of hydrogen-bond donors (Lipinski definition) is 1. The molecule has 4 rings (SSSR count). The molecule has 4 nitrogen and oxygen atoms in total. The summed E-state index contributed by atoms with van der Waals surface area (Å²) in [5.41, 5.74) is 1.65. The number of nitrogens with zero attached hydrogens (tertiary/aromatic N) is 1. The van der Waals surface area contributed by atoms with Crippen LogP contribution in [-0.4, -0.2) is 36.3 Å². The maximum absolute atomic E-state index is 14.5. The highest BCUT2D eigenvalue weighted by molar-refractivity contribution is 5.78. The molecule has 0 unspecified atom stereocenters. The maximum atomic E-state index is 14.5. The van der Waals surface area contributed by atoms with Crippen LogP contribution in [0.4, 0.5) is 4.39 Å². The first-order valence-electron chi connectivity index (χ1n) is 10.4. The predicted molar refractivity (Wildman–Crippen MR) is 110 cm³/mol. The molecule has 2 amide bonds. The van der Waals surface area contributed by atoms with Crippen molar-refractivity contribution in [2.75, 3.05) is 19.6 Å². The largest absolute Gasteiger partial charge is 0.356 e. The highest BCUT2D eigenvalue weighted by Gasteiger charge is 2.39. The molecule has 2 heterocycles. The van der Waals surface area contributed by atoms with E-state index in [9.17, 15) is 14.0 Å². The van der Waals surface area contributed by atoms with Gasteiger partial charge in [0, 0.05) is 38.4 Å². The van der Waals surface area contributed by atoms with Gasteiger partial charge in [0.15, 0.2) is 0 Å². The molecule has 0 bridgehead atoms. The summed E-state index contributed by atoms with van der Waals surface area (Å²) in [4.78, 5) is 26.5. The number of benzene rings is 2. The number of halogens is 1. The van der Waals surface area contributed by atoms with Crippen molar-refractivity contribution in [1.82, 2.24) is 10.2 Å². The van der Waals surface area contributed by atoms with Crippen LogP contribution in [-0.2, 0) is 9.59 Å². The number of nitrogens with one attached hydrogen (secondary N) is 1. The molecule has 0 radical (unpaired) electrons. The zero-order chi connectivity index (χ0) is 20.3. The molecule has 0 aliphatic carbocycles. The van der Waals surface area contributed by atoms with E-state index < -0.39 is 0 Å². The van der Waals surface area contributed by atoms with E-state index >= 15 is 0 Å². The monoisotopic (exact) mass is 394 g/mol. The third kappa shape index (κ3) is 4.34. The van der Waals surface area contributed by atoms with Crippen molar-refractivity contribution in [3.05, 3.63) is 71.5 Å². The molecule has 0 saturated carbocycles. The number of carbonyl (C=O) groups is 2. The quantitative estimate of drug-likeness (QED) is 0.856. The molecule has 29 heavy (non-hydrogen) atoms. The van der Waals surface area contributed by atoms with E-state index in [1.54, 1.807) is 12.1 Å². The van der Waals surface area contributed by atoms with Crippen molar-refractivity contribution in [3.8, 4) is 0 Å². The van der Waals surface area contributed by atoms with Crippen molar-refractivity contribution in [2.24, 2.45) is 5.41 Å². The van der Waals surface area contributed by atoms with Gasteiger partial charge < -0.3 is 10.2 Å². The third-order valence-electron chi connectivity index (χ3n) is 6.58. The van der Waals surface area contributed by atoms with Gasteiger partial charge in [0.2, 0.25) is 11.8 Å². The first-order chi connectivity index (χ1) is 14.1. The fourth-order valence-corrected chi connectivity index (χ4v) is 4.65. The molecule has 1 N–H and O–H groups in total. The minimum absolute atomic E-state index is 0.0665. The molecule has 2 aromatic rings. The van der Waals surface area contributed by atoms with Crippen LogP contribution in [0, 0.1) is 11.2 Å². The normalized spacial score (nSPS) is 19.6. The zero-order valence-corrected chi connectivity index (χ0v) is 16.6. The summed E-state index contributed by atoms with van der Waals surface area (Å²) < 4.78 is 14.5. The Kier molecular flexibility index (Phi) is 5.65. The highest BCUT2D eigenvalue weighted by atomic mass is 19.1. The van der Waals surface area contributed by atoms with Crippen LogP contribution < -0.4 is 5.32 Å². The van der Waals surface area contributed by atoms with E-state index in [1.165, 1.54) is 6.07 Å². The van der Waals surface area contributed by atoms with Gasteiger partial charge in [0.1, 0.15) is 5.82 Å². The number of rotatable bonds is 4. The van der Waals surface area contributed by atoms with Crippen LogP contribution >= 0.6 is 0 Å². The van der Waals surface area contributed by atoms with Crippen LogP contribution in [0.3, 0.4) is 0 Å². The Bertz CT molecular complexity index is 863. The number of hydrogen-bond acceptors (Lipinski definition) is 2. The second-order valence-corrected chi connectivity index (χ2v) is 8.35. The lowest BCUT2D eigenvalue weighted by molar-refractivity contribution is -0.135. The molecule has 1 atom stereocenters. The first kappa shape index (κ1) is 19.6. The number of carbonyl (C=O) groups excluding carboxylic acids is 2. The Balaban J connectivity index is 1.46. The highest BCUT2D eigenvalue weighted by Crippen LogP contribution is 2.38. The molecular formula is C24H27FN2O2. The van der Waals surface area contributed by atoms with Gasteiger partial charge in [0.05, 0.1) is 0 Å². The predicted octanol–water partition coefficient (Wildman–Crippen LogP) is 3.87. The molecule has 5 heteroatoms. The summed E-state index contributed by atoms with van der Waals surface area (Å²) in [6, 6.07) is 16.4. The van der Waals surface area contributed by atoms with Crippen molar-refractivity contribution in [3.63, 3.8) is 0 Å². The number of piperidine rings is 2. The van der Waals surface area contributed by atoms with Crippen LogP contribution in [0.2, 0.25) is 0 Å². The summed E-state index contributed by atoms with van der Waals surface area (Å²) >= 11 is 0. The van der Waals surface area contributed by atoms with Gasteiger partial charge in [0.25, 0.3) is 0 Å². The van der Waals surface area contributed by atoms with E-state index in [2.05, 4.69) is 5.32 Å². The average Bonchev–Trinajstić information content (AvgIpc) is 2.76. The molecule has 2 aliphatic rings. The van der Waals surface area contributed by atoms with Gasteiger partial charge in [-0.15, -0.1) is 0 Å². The lowest BCUT2D eigenvalue weighted by Gasteiger charge is -2.44. The van der Waals surface area contributed by atoms with Crippen LogP contribution in [0.1, 0.15) is 49.1 Å². The number of likely N-dealkylation sites (tertiary alicyclic amines) is 1. The SMILES string of the molecule is O=C1CCC2(CCN(C(=O)C[C@H](c3ccccc3)c3ccccc3F)CC2)CN1. The molecule has 152 valence electrons. The van der Waals surface area contributed by atoms with Gasteiger partial charge >= 0.3 is 0 Å². The van der Waals surface area contributed by atoms with Gasteiger partial charge in [-0.1, -0.05) is 48.5 Å². The van der Waals surface area contributed by atoms with Crippen molar-refractivity contribution in [2.45, 2.75) is 38.0 Å². The molecule has 2 fully saturated rings. The summed E-state index contributed by atoms with van der Waals surface area (Å²) in [6.45, 7) is 2.12. The Morgan fingerprint density at radius 1 is 1.03 bits per heavy atom. The van der Waals surface area contributed by atoms with Gasteiger partial charge in [-0.05, 0) is 41.9 Å². The molecule has 2 saturated heterocycles. The summed E-state index contributed by atoms with van der Waals surface area (Å²) in [7, 11) is 0. The third-order valence-corrected chi connectivity index (χ3v) is 6.58. The second kappa shape index (κ2) is 8.36. The fraction of sp³-hybridized carbons (Fsp3) is 0.417. The summed E-state index contributed by atoms with van der Waals surface area (Å²) in [5.74, 6) is -0.374. The topological polar surface area (TPSA) is 49.4 Å². The molecular weight excluding hydrogens is 367 g/mol. The summed E-state index contributed by atoms with van der Waals surface area (Å²) in [6.07, 6.45) is 3.57. The van der Waals surface area contributed by atoms with Gasteiger partial charge in [-0.3, -0.25) is 9.59 Å². The first-order valence-corrected chi connectivity index (χ1v) is 10.4. The molecule has 2 aliphatic heterocycles. The van der Waals surface area contributed by atoms with Crippen molar-refractivity contribution >= 4 is 11.8 Å². The minimum Gasteiger partial charge on any atom is -0.356 e. The van der Waals surface area contributed by atoms with E-state index in [1.807, 2.05) is 41.3 Å². The maximum Gasteiger partial charge on any atom is 0.223 e. The average molecular weight is 394 g/mol. The standard InChI is InChI=1S/C24H27FN2O2/c25-21-9-5-4-8-19(21)20(18-6-2-1-3-7-18)16-23(29)27-14-12-24(13-15-27)11-10-22(28)26-17-24/h1-9,20H,10-17H2,(H,26,28)/t20-/m1/s1. The smallest absolute Gasteiger partial charge is 0.223 e. The van der Waals surface area contributed by atoms with E-state index in [0.29, 0.717) is 25.1 Å². The lowest BCUT2D eigenvalue weighted by atomic mass is 9.73. The lowest BCUT2D eigenvalue weighted by Crippen LogP contribution is -2.50. The van der Waals surface area contributed by atoms with Crippen molar-refractivity contribution < 1.29 is 14.0 Å². The van der Waals surface area contributed by atoms with Crippen LogP contribution in [0.25, 0.3) is 0 Å². The van der Waals surface area contributed by atoms with E-state index in [-0.39, 0.29) is 35.4 Å². The Morgan fingerprint density at radius 2 is 1.72 bits per heavy atom. The van der Waals surface area contributed by atoms with Crippen LogP contribution in [0.15, 0.2) is 54.6 Å². The minimum atomic E-state index is -0.297. The second-order valence-electron chi connectivity index (χ2n) is 8.35. The van der Waals surface area contributed by atoms with Crippen molar-refractivity contribution in [1.29, 1.82) is 0 Å². The molecule has 0 aromatic heterocycles. The summed E-state index contributed by atoms with van der Waals surface area (Å²) in [5, 5.41) is 2.98. The van der Waals surface area contributed by atoms with E-state index in [0.717, 1.165) is 31.4 Å². The van der Waals surface area contributed by atoms with Gasteiger partial charge in [-0.25, -0.2) is 4.39 Å². The van der Waals surface area contributed by atoms with E-state index in [4.69, 9.17) is 0 Å². The van der Waals surface area contributed by atoms with Gasteiger partial charge in [-0.2, -0.15) is 0 Å². The Morgan fingerprint density at radius 3 is 2.38 bits per heavy atom. The Hall–Kier alpha value is -2.69.